The summed E-state index contributed by atoms with van der Waals surface area (Å²) < 4.78 is 0. The standard InChI is InChI=1S/C7H16N2/c1-8-6-4-3-5-7-9-2/h4,6,8-9H,3,5,7H2,1-2H3/b6-4+. The SMILES string of the molecule is CN/C=C/CCCNC. The van der Waals surface area contributed by atoms with Crippen LogP contribution in [0.2, 0.25) is 0 Å². The molecule has 0 bridgehead atoms. The fourth-order valence-electron chi connectivity index (χ4n) is 0.598. The lowest BCUT2D eigenvalue weighted by Crippen LogP contribution is -2.06. The second-order valence-corrected chi connectivity index (χ2v) is 1.94. The van der Waals surface area contributed by atoms with Crippen molar-refractivity contribution in [2.45, 2.75) is 12.8 Å². The summed E-state index contributed by atoms with van der Waals surface area (Å²) in [5.41, 5.74) is 0. The highest BCUT2D eigenvalue weighted by Crippen LogP contribution is 1.86. The van der Waals surface area contributed by atoms with Crippen LogP contribution < -0.4 is 10.6 Å². The average Bonchev–Trinajstić information content (AvgIpc) is 1.89. The summed E-state index contributed by atoms with van der Waals surface area (Å²) in [5, 5.41) is 6.03. The maximum atomic E-state index is 3.09. The van der Waals surface area contributed by atoms with Crippen LogP contribution in [0.4, 0.5) is 0 Å². The van der Waals surface area contributed by atoms with Crippen LogP contribution in [0.25, 0.3) is 0 Å². The zero-order valence-electron chi connectivity index (χ0n) is 6.28. The Hall–Kier alpha value is -0.500. The molecule has 2 N–H and O–H groups in total. The van der Waals surface area contributed by atoms with Crippen LogP contribution in [0.5, 0.6) is 0 Å². The molecule has 0 aromatic heterocycles. The molecule has 0 aliphatic rings. The third kappa shape index (κ3) is 7.50. The van der Waals surface area contributed by atoms with E-state index in [1.165, 1.54) is 6.42 Å². The molecule has 0 heterocycles. The fraction of sp³-hybridized carbons (Fsp3) is 0.714. The number of hydrogen-bond acceptors (Lipinski definition) is 2. The van der Waals surface area contributed by atoms with E-state index in [9.17, 15) is 0 Å². The van der Waals surface area contributed by atoms with Crippen molar-refractivity contribution in [2.24, 2.45) is 0 Å². The van der Waals surface area contributed by atoms with E-state index in [-0.39, 0.29) is 0 Å². The van der Waals surface area contributed by atoms with E-state index in [2.05, 4.69) is 16.7 Å². The minimum Gasteiger partial charge on any atom is -0.394 e. The summed E-state index contributed by atoms with van der Waals surface area (Å²) in [6.45, 7) is 1.11. The van der Waals surface area contributed by atoms with Gasteiger partial charge in [0.2, 0.25) is 0 Å². The summed E-state index contributed by atoms with van der Waals surface area (Å²) >= 11 is 0. The molecule has 0 rings (SSSR count). The molecular weight excluding hydrogens is 112 g/mol. The van der Waals surface area contributed by atoms with E-state index in [1.807, 2.05) is 20.3 Å². The van der Waals surface area contributed by atoms with E-state index in [0.29, 0.717) is 0 Å². The van der Waals surface area contributed by atoms with Crippen molar-refractivity contribution >= 4 is 0 Å². The van der Waals surface area contributed by atoms with E-state index in [4.69, 9.17) is 0 Å². The maximum absolute atomic E-state index is 3.09. The Bertz CT molecular complexity index is 69.3. The fourth-order valence-corrected chi connectivity index (χ4v) is 0.598. The van der Waals surface area contributed by atoms with Crippen molar-refractivity contribution in [1.82, 2.24) is 10.6 Å². The van der Waals surface area contributed by atoms with Crippen molar-refractivity contribution in [3.63, 3.8) is 0 Å². The van der Waals surface area contributed by atoms with Gasteiger partial charge in [-0.15, -0.1) is 0 Å². The molecule has 0 radical (unpaired) electrons. The maximum Gasteiger partial charge on any atom is 0.00276 e. The molecule has 0 saturated heterocycles. The van der Waals surface area contributed by atoms with Gasteiger partial charge in [-0.1, -0.05) is 6.08 Å². The summed E-state index contributed by atoms with van der Waals surface area (Å²) in [6.07, 6.45) is 6.48. The van der Waals surface area contributed by atoms with E-state index in [0.717, 1.165) is 13.0 Å². The molecule has 0 saturated carbocycles. The molecule has 0 aromatic rings. The third-order valence-electron chi connectivity index (χ3n) is 1.08. The molecule has 9 heavy (non-hydrogen) atoms. The first-order valence-electron chi connectivity index (χ1n) is 3.38. The largest absolute Gasteiger partial charge is 0.394 e. The van der Waals surface area contributed by atoms with Crippen molar-refractivity contribution < 1.29 is 0 Å². The lowest BCUT2D eigenvalue weighted by atomic mass is 10.3. The Labute approximate surface area is 57.3 Å². The molecule has 0 aliphatic heterocycles. The molecule has 0 fully saturated rings. The zero-order valence-corrected chi connectivity index (χ0v) is 6.28. The van der Waals surface area contributed by atoms with Gasteiger partial charge in [0.25, 0.3) is 0 Å². The second kappa shape index (κ2) is 7.50. The Morgan fingerprint density at radius 3 is 2.67 bits per heavy atom. The molecular formula is C7H16N2. The minimum absolute atomic E-state index is 1.11. The van der Waals surface area contributed by atoms with Gasteiger partial charge >= 0.3 is 0 Å². The van der Waals surface area contributed by atoms with E-state index < -0.39 is 0 Å². The van der Waals surface area contributed by atoms with E-state index in [1.54, 1.807) is 0 Å². The number of unbranched alkanes of at least 4 members (excludes halogenated alkanes) is 1. The van der Waals surface area contributed by atoms with Crippen LogP contribution >= 0.6 is 0 Å². The summed E-state index contributed by atoms with van der Waals surface area (Å²) in [4.78, 5) is 0. The highest BCUT2D eigenvalue weighted by atomic mass is 14.8. The molecule has 0 spiro atoms. The molecule has 0 aromatic carbocycles. The smallest absolute Gasteiger partial charge is 0.00276 e. The number of nitrogens with one attached hydrogen (secondary N) is 2. The molecule has 0 atom stereocenters. The molecule has 2 nitrogen and oxygen atoms in total. The van der Waals surface area contributed by atoms with Crippen molar-refractivity contribution in [1.29, 1.82) is 0 Å². The molecule has 0 unspecified atom stereocenters. The Kier molecular flexibility index (Phi) is 7.08. The normalized spacial score (nSPS) is 10.4. The van der Waals surface area contributed by atoms with Gasteiger partial charge in [-0.2, -0.15) is 0 Å². The predicted octanol–water partition coefficient (Wildman–Crippen LogP) is 0.719. The number of allylic oxidation sites excluding steroid dienone is 1. The first kappa shape index (κ1) is 8.50. The minimum atomic E-state index is 1.11. The van der Waals surface area contributed by atoms with Gasteiger partial charge in [0, 0.05) is 7.05 Å². The molecule has 0 aliphatic carbocycles. The van der Waals surface area contributed by atoms with Crippen LogP contribution in [-0.2, 0) is 0 Å². The van der Waals surface area contributed by atoms with Crippen molar-refractivity contribution in [3.05, 3.63) is 12.3 Å². The van der Waals surface area contributed by atoms with Crippen LogP contribution in [0, 0.1) is 0 Å². The summed E-state index contributed by atoms with van der Waals surface area (Å²) in [7, 11) is 3.89. The van der Waals surface area contributed by atoms with Crippen LogP contribution in [-0.4, -0.2) is 20.6 Å². The monoisotopic (exact) mass is 128 g/mol. The van der Waals surface area contributed by atoms with Crippen molar-refractivity contribution in [2.75, 3.05) is 20.6 Å². The first-order valence-corrected chi connectivity index (χ1v) is 3.38. The van der Waals surface area contributed by atoms with Gasteiger partial charge < -0.3 is 10.6 Å². The molecule has 54 valence electrons. The first-order chi connectivity index (χ1) is 4.41. The number of rotatable bonds is 5. The van der Waals surface area contributed by atoms with Gasteiger partial charge in [0.15, 0.2) is 0 Å². The number of hydrogen-bond donors (Lipinski definition) is 2. The van der Waals surface area contributed by atoms with E-state index >= 15 is 0 Å². The lowest BCUT2D eigenvalue weighted by Gasteiger charge is -1.92. The average molecular weight is 128 g/mol. The van der Waals surface area contributed by atoms with Gasteiger partial charge in [-0.3, -0.25) is 0 Å². The van der Waals surface area contributed by atoms with Gasteiger partial charge in [-0.05, 0) is 32.6 Å². The molecule has 2 heteroatoms. The van der Waals surface area contributed by atoms with Gasteiger partial charge in [0.1, 0.15) is 0 Å². The van der Waals surface area contributed by atoms with Crippen LogP contribution in [0.1, 0.15) is 12.8 Å². The van der Waals surface area contributed by atoms with Crippen LogP contribution in [0.3, 0.4) is 0 Å². The van der Waals surface area contributed by atoms with Gasteiger partial charge in [-0.25, -0.2) is 0 Å². The third-order valence-corrected chi connectivity index (χ3v) is 1.08. The highest BCUT2D eigenvalue weighted by molar-refractivity contribution is 4.77. The molecule has 0 amide bonds. The Morgan fingerprint density at radius 2 is 2.11 bits per heavy atom. The summed E-state index contributed by atoms with van der Waals surface area (Å²) in [6, 6.07) is 0. The highest BCUT2D eigenvalue weighted by Gasteiger charge is 1.77. The Balaban J connectivity index is 2.82. The predicted molar refractivity (Wildman–Crippen MR) is 41.4 cm³/mol. The summed E-state index contributed by atoms with van der Waals surface area (Å²) in [5.74, 6) is 0. The van der Waals surface area contributed by atoms with Crippen molar-refractivity contribution in [3.8, 4) is 0 Å². The second-order valence-electron chi connectivity index (χ2n) is 1.94. The van der Waals surface area contributed by atoms with Crippen LogP contribution in [0.15, 0.2) is 12.3 Å². The van der Waals surface area contributed by atoms with Gasteiger partial charge in [0.05, 0.1) is 0 Å². The topological polar surface area (TPSA) is 24.1 Å². The quantitative estimate of drug-likeness (QED) is 0.533. The Morgan fingerprint density at radius 1 is 1.33 bits per heavy atom. The lowest BCUT2D eigenvalue weighted by molar-refractivity contribution is 0.734. The zero-order chi connectivity index (χ0) is 6.95.